The maximum Gasteiger partial charge on any atom is 0.259 e. The van der Waals surface area contributed by atoms with Gasteiger partial charge in [-0.15, -0.1) is 11.3 Å². The van der Waals surface area contributed by atoms with Gasteiger partial charge in [0.2, 0.25) is 0 Å². The highest BCUT2D eigenvalue weighted by molar-refractivity contribution is 7.18. The number of nitrogens with one attached hydrogen (secondary N) is 1. The Morgan fingerprint density at radius 2 is 2.04 bits per heavy atom. The van der Waals surface area contributed by atoms with Crippen molar-refractivity contribution < 1.29 is 9.47 Å². The highest BCUT2D eigenvalue weighted by atomic mass is 32.1. The number of H-pyrrole nitrogens is 1. The molecule has 0 bridgehead atoms. The molecule has 0 saturated carbocycles. The van der Waals surface area contributed by atoms with Crippen LogP contribution in [0.1, 0.15) is 28.2 Å². The molecule has 2 aromatic heterocycles. The zero-order valence-corrected chi connectivity index (χ0v) is 14.5. The molecule has 1 aliphatic rings. The van der Waals surface area contributed by atoms with Crippen LogP contribution in [0.15, 0.2) is 23.0 Å². The van der Waals surface area contributed by atoms with Crippen molar-refractivity contribution in [2.24, 2.45) is 0 Å². The van der Waals surface area contributed by atoms with E-state index in [0.717, 1.165) is 35.0 Å². The van der Waals surface area contributed by atoms with Crippen molar-refractivity contribution in [3.05, 3.63) is 50.4 Å². The molecule has 0 aliphatic heterocycles. The summed E-state index contributed by atoms with van der Waals surface area (Å²) in [5, 5.41) is 0.795. The summed E-state index contributed by atoms with van der Waals surface area (Å²) in [7, 11) is 3.22. The van der Waals surface area contributed by atoms with Crippen LogP contribution in [0.4, 0.5) is 0 Å². The fraction of sp³-hybridized carbons (Fsp3) is 0.333. The van der Waals surface area contributed by atoms with E-state index in [1.165, 1.54) is 10.4 Å². The zero-order chi connectivity index (χ0) is 16.7. The molecule has 1 N–H and O–H groups in total. The van der Waals surface area contributed by atoms with E-state index in [1.54, 1.807) is 25.6 Å². The van der Waals surface area contributed by atoms with E-state index >= 15 is 0 Å². The van der Waals surface area contributed by atoms with Crippen molar-refractivity contribution in [1.82, 2.24) is 9.97 Å². The van der Waals surface area contributed by atoms with E-state index in [-0.39, 0.29) is 5.56 Å². The Balaban J connectivity index is 1.71. The van der Waals surface area contributed by atoms with E-state index in [4.69, 9.17) is 9.47 Å². The van der Waals surface area contributed by atoms with Crippen LogP contribution in [0.3, 0.4) is 0 Å². The summed E-state index contributed by atoms with van der Waals surface area (Å²) in [6.45, 7) is 0. The average Bonchev–Trinajstić information content (AvgIpc) is 3.15. The highest BCUT2D eigenvalue weighted by Crippen LogP contribution is 2.34. The van der Waals surface area contributed by atoms with Crippen molar-refractivity contribution in [3.8, 4) is 11.5 Å². The highest BCUT2D eigenvalue weighted by Gasteiger charge is 2.21. The SMILES string of the molecule is COc1ccc(Cc2nc3sc4c(c3c(=O)[nH]2)CCC4)cc1OC. The Bertz CT molecular complexity index is 974. The Kier molecular flexibility index (Phi) is 3.76. The number of hydrogen-bond acceptors (Lipinski definition) is 5. The number of ether oxygens (including phenoxy) is 2. The van der Waals surface area contributed by atoms with Gasteiger partial charge >= 0.3 is 0 Å². The molecular formula is C18H18N2O3S. The monoisotopic (exact) mass is 342 g/mol. The van der Waals surface area contributed by atoms with Gasteiger partial charge in [0.15, 0.2) is 11.5 Å². The Labute approximate surface area is 143 Å². The molecule has 0 amide bonds. The topological polar surface area (TPSA) is 64.2 Å². The molecule has 0 spiro atoms. The van der Waals surface area contributed by atoms with Crippen LogP contribution >= 0.6 is 11.3 Å². The first-order valence-electron chi connectivity index (χ1n) is 7.94. The molecule has 0 saturated heterocycles. The lowest BCUT2D eigenvalue weighted by atomic mass is 10.1. The number of aromatic nitrogens is 2. The maximum absolute atomic E-state index is 12.5. The first-order chi connectivity index (χ1) is 11.7. The molecule has 4 rings (SSSR count). The van der Waals surface area contributed by atoms with Crippen LogP contribution < -0.4 is 15.0 Å². The Hall–Kier alpha value is -2.34. The third-order valence-electron chi connectivity index (χ3n) is 4.44. The van der Waals surface area contributed by atoms with Gasteiger partial charge in [-0.2, -0.15) is 0 Å². The van der Waals surface area contributed by atoms with Gasteiger partial charge in [-0.25, -0.2) is 4.98 Å². The number of aryl methyl sites for hydroxylation is 2. The van der Waals surface area contributed by atoms with Crippen LogP contribution in [0.25, 0.3) is 10.2 Å². The Morgan fingerprint density at radius 3 is 2.83 bits per heavy atom. The number of rotatable bonds is 4. The van der Waals surface area contributed by atoms with Crippen molar-refractivity contribution in [1.29, 1.82) is 0 Å². The first kappa shape index (κ1) is 15.2. The van der Waals surface area contributed by atoms with E-state index in [0.29, 0.717) is 23.7 Å². The molecular weight excluding hydrogens is 324 g/mol. The van der Waals surface area contributed by atoms with Crippen LogP contribution in [-0.4, -0.2) is 24.2 Å². The summed E-state index contributed by atoms with van der Waals surface area (Å²) in [5.74, 6) is 2.04. The fourth-order valence-electron chi connectivity index (χ4n) is 3.31. The van der Waals surface area contributed by atoms with Crippen LogP contribution in [0, 0.1) is 0 Å². The molecule has 5 nitrogen and oxygen atoms in total. The predicted octanol–water partition coefficient (Wildman–Crippen LogP) is 3.08. The summed E-state index contributed by atoms with van der Waals surface area (Å²) < 4.78 is 10.6. The molecule has 24 heavy (non-hydrogen) atoms. The normalized spacial score (nSPS) is 13.2. The van der Waals surface area contributed by atoms with Crippen molar-refractivity contribution in [3.63, 3.8) is 0 Å². The second-order valence-corrected chi connectivity index (χ2v) is 7.00. The molecule has 0 fully saturated rings. The van der Waals surface area contributed by atoms with Crippen molar-refractivity contribution in [2.75, 3.05) is 14.2 Å². The lowest BCUT2D eigenvalue weighted by Gasteiger charge is -2.09. The van der Waals surface area contributed by atoms with Gasteiger partial charge in [0, 0.05) is 11.3 Å². The van der Waals surface area contributed by atoms with E-state index in [2.05, 4.69) is 9.97 Å². The van der Waals surface area contributed by atoms with Crippen LogP contribution in [0.5, 0.6) is 11.5 Å². The lowest BCUT2D eigenvalue weighted by Crippen LogP contribution is -2.12. The number of hydrogen-bond donors (Lipinski definition) is 1. The van der Waals surface area contributed by atoms with Crippen LogP contribution in [-0.2, 0) is 19.3 Å². The average molecular weight is 342 g/mol. The summed E-state index contributed by atoms with van der Waals surface area (Å²) in [5.41, 5.74) is 2.20. The Morgan fingerprint density at radius 1 is 1.21 bits per heavy atom. The van der Waals surface area contributed by atoms with Crippen molar-refractivity contribution >= 4 is 21.6 Å². The molecule has 3 aromatic rings. The van der Waals surface area contributed by atoms with Crippen LogP contribution in [0.2, 0.25) is 0 Å². The summed E-state index contributed by atoms with van der Waals surface area (Å²) in [4.78, 5) is 22.3. The maximum atomic E-state index is 12.5. The van der Waals surface area contributed by atoms with E-state index in [9.17, 15) is 4.79 Å². The fourth-order valence-corrected chi connectivity index (χ4v) is 4.60. The minimum absolute atomic E-state index is 0.0186. The number of thiophene rings is 1. The minimum Gasteiger partial charge on any atom is -0.493 e. The quantitative estimate of drug-likeness (QED) is 0.791. The number of methoxy groups -OCH3 is 2. The molecule has 2 heterocycles. The summed E-state index contributed by atoms with van der Waals surface area (Å²) in [6, 6.07) is 5.74. The molecule has 6 heteroatoms. The van der Waals surface area contributed by atoms with Gasteiger partial charge in [-0.05, 0) is 42.5 Å². The molecule has 1 aromatic carbocycles. The molecule has 1 aliphatic carbocycles. The van der Waals surface area contributed by atoms with Crippen molar-refractivity contribution in [2.45, 2.75) is 25.7 Å². The molecule has 0 unspecified atom stereocenters. The number of fused-ring (bicyclic) bond motifs is 3. The predicted molar refractivity (Wildman–Crippen MR) is 94.6 cm³/mol. The number of benzene rings is 1. The summed E-state index contributed by atoms with van der Waals surface area (Å²) >= 11 is 1.66. The number of aromatic amines is 1. The second kappa shape index (κ2) is 5.94. The van der Waals surface area contributed by atoms with Gasteiger partial charge in [-0.3, -0.25) is 4.79 Å². The lowest BCUT2D eigenvalue weighted by molar-refractivity contribution is 0.354. The second-order valence-electron chi connectivity index (χ2n) is 5.92. The minimum atomic E-state index is -0.0186. The molecule has 0 atom stereocenters. The van der Waals surface area contributed by atoms with Gasteiger partial charge in [0.25, 0.3) is 5.56 Å². The third-order valence-corrected chi connectivity index (χ3v) is 5.63. The largest absolute Gasteiger partial charge is 0.493 e. The summed E-state index contributed by atoms with van der Waals surface area (Å²) in [6.07, 6.45) is 3.76. The molecule has 124 valence electrons. The van der Waals surface area contributed by atoms with Gasteiger partial charge < -0.3 is 14.5 Å². The number of nitrogens with zero attached hydrogens (tertiary/aromatic N) is 1. The van der Waals surface area contributed by atoms with Gasteiger partial charge in [-0.1, -0.05) is 6.07 Å². The molecule has 0 radical (unpaired) electrons. The third kappa shape index (κ3) is 2.47. The van der Waals surface area contributed by atoms with E-state index in [1.807, 2.05) is 18.2 Å². The van der Waals surface area contributed by atoms with Gasteiger partial charge in [0.1, 0.15) is 10.7 Å². The zero-order valence-electron chi connectivity index (χ0n) is 13.6. The van der Waals surface area contributed by atoms with E-state index < -0.39 is 0 Å². The first-order valence-corrected chi connectivity index (χ1v) is 8.75. The standard InChI is InChI=1S/C18H18N2O3S/c1-22-12-7-6-10(8-13(12)23-2)9-15-19-17(21)16-11-4-3-5-14(11)24-18(16)20-15/h6-8H,3-5,9H2,1-2H3,(H,19,20,21). The van der Waals surface area contributed by atoms with Gasteiger partial charge in [0.05, 0.1) is 19.6 Å². The smallest absolute Gasteiger partial charge is 0.259 e.